The Morgan fingerprint density at radius 2 is 2.56 bits per heavy atom. The van der Waals surface area contributed by atoms with Gasteiger partial charge in [-0.2, -0.15) is 0 Å². The highest BCUT2D eigenvalue weighted by molar-refractivity contribution is 4.73. The predicted molar refractivity (Wildman–Crippen MR) is 32.2 cm³/mol. The molecule has 0 aromatic heterocycles. The number of hydrogen-bond acceptors (Lipinski definition) is 3. The third-order valence-corrected chi connectivity index (χ3v) is 1.51. The summed E-state index contributed by atoms with van der Waals surface area (Å²) in [6.45, 7) is 1.16. The minimum atomic E-state index is -0.315. The lowest BCUT2D eigenvalue weighted by Gasteiger charge is -2.10. The van der Waals surface area contributed by atoms with Gasteiger partial charge in [0.05, 0.1) is 12.7 Å². The standard InChI is InChI=1S/C6H12O3/c1-8-4-6-5(7)2-3-9-6/h5-7H,2-4H2,1H3/t5-,6+/m0/s1. The minimum absolute atomic E-state index is 0.0880. The van der Waals surface area contributed by atoms with E-state index in [9.17, 15) is 0 Å². The number of ether oxygens (including phenoxy) is 2. The normalized spacial score (nSPS) is 35.3. The highest BCUT2D eigenvalue weighted by Gasteiger charge is 2.25. The number of aliphatic hydroxyl groups is 1. The van der Waals surface area contributed by atoms with Crippen molar-refractivity contribution in [1.82, 2.24) is 0 Å². The first-order valence-corrected chi connectivity index (χ1v) is 3.13. The van der Waals surface area contributed by atoms with Crippen molar-refractivity contribution < 1.29 is 14.6 Å². The maximum Gasteiger partial charge on any atom is 0.107 e. The van der Waals surface area contributed by atoms with Gasteiger partial charge in [-0.3, -0.25) is 0 Å². The van der Waals surface area contributed by atoms with Crippen molar-refractivity contribution in [3.63, 3.8) is 0 Å². The van der Waals surface area contributed by atoms with Crippen LogP contribution in [0.1, 0.15) is 6.42 Å². The van der Waals surface area contributed by atoms with E-state index in [0.717, 1.165) is 6.42 Å². The molecule has 0 unspecified atom stereocenters. The zero-order valence-electron chi connectivity index (χ0n) is 5.54. The lowest BCUT2D eigenvalue weighted by atomic mass is 10.2. The van der Waals surface area contributed by atoms with Gasteiger partial charge < -0.3 is 14.6 Å². The minimum Gasteiger partial charge on any atom is -0.390 e. The van der Waals surface area contributed by atoms with Crippen molar-refractivity contribution >= 4 is 0 Å². The second kappa shape index (κ2) is 3.15. The fourth-order valence-corrected chi connectivity index (χ4v) is 0.961. The Kier molecular flexibility index (Phi) is 2.45. The molecule has 3 nitrogen and oxygen atoms in total. The molecule has 54 valence electrons. The second-order valence-corrected chi connectivity index (χ2v) is 2.22. The van der Waals surface area contributed by atoms with E-state index in [0.29, 0.717) is 13.2 Å². The highest BCUT2D eigenvalue weighted by Crippen LogP contribution is 2.12. The second-order valence-electron chi connectivity index (χ2n) is 2.22. The first-order valence-electron chi connectivity index (χ1n) is 3.13. The quantitative estimate of drug-likeness (QED) is 0.564. The molecule has 2 atom stereocenters. The molecule has 1 aliphatic rings. The van der Waals surface area contributed by atoms with Crippen molar-refractivity contribution in [2.24, 2.45) is 0 Å². The average molecular weight is 132 g/mol. The summed E-state index contributed by atoms with van der Waals surface area (Å²) in [6.07, 6.45) is 0.341. The van der Waals surface area contributed by atoms with Gasteiger partial charge in [-0.1, -0.05) is 0 Å². The summed E-state index contributed by atoms with van der Waals surface area (Å²) in [5.41, 5.74) is 0. The van der Waals surface area contributed by atoms with E-state index in [-0.39, 0.29) is 12.2 Å². The van der Waals surface area contributed by atoms with Gasteiger partial charge in [-0.25, -0.2) is 0 Å². The van der Waals surface area contributed by atoms with E-state index < -0.39 is 0 Å². The Hall–Kier alpha value is -0.120. The highest BCUT2D eigenvalue weighted by atomic mass is 16.5. The number of rotatable bonds is 2. The monoisotopic (exact) mass is 132 g/mol. The summed E-state index contributed by atoms with van der Waals surface area (Å²) in [5.74, 6) is 0. The summed E-state index contributed by atoms with van der Waals surface area (Å²) in [4.78, 5) is 0. The van der Waals surface area contributed by atoms with Crippen molar-refractivity contribution in [3.8, 4) is 0 Å². The Bertz CT molecular complexity index is 84.4. The molecule has 0 aliphatic carbocycles. The van der Waals surface area contributed by atoms with Crippen LogP contribution < -0.4 is 0 Å². The number of methoxy groups -OCH3 is 1. The molecular formula is C6H12O3. The molecule has 1 aliphatic heterocycles. The van der Waals surface area contributed by atoms with Crippen molar-refractivity contribution in [2.45, 2.75) is 18.6 Å². The molecule has 1 N–H and O–H groups in total. The van der Waals surface area contributed by atoms with Gasteiger partial charge in [-0.05, 0) is 6.42 Å². The van der Waals surface area contributed by atoms with Crippen LogP contribution in [0.15, 0.2) is 0 Å². The maximum absolute atomic E-state index is 9.12. The molecule has 0 radical (unpaired) electrons. The van der Waals surface area contributed by atoms with Gasteiger partial charge in [0.15, 0.2) is 0 Å². The first-order chi connectivity index (χ1) is 4.34. The molecule has 0 amide bonds. The molecule has 0 spiro atoms. The fourth-order valence-electron chi connectivity index (χ4n) is 0.961. The Morgan fingerprint density at radius 1 is 1.78 bits per heavy atom. The van der Waals surface area contributed by atoms with Crippen LogP contribution in [0.5, 0.6) is 0 Å². The van der Waals surface area contributed by atoms with E-state index >= 15 is 0 Å². The zero-order valence-corrected chi connectivity index (χ0v) is 5.54. The number of aliphatic hydroxyl groups excluding tert-OH is 1. The molecule has 1 saturated heterocycles. The van der Waals surface area contributed by atoms with Crippen LogP contribution >= 0.6 is 0 Å². The Balaban J connectivity index is 2.22. The fraction of sp³-hybridized carbons (Fsp3) is 1.00. The van der Waals surface area contributed by atoms with E-state index in [1.807, 2.05) is 0 Å². The van der Waals surface area contributed by atoms with Gasteiger partial charge in [0.25, 0.3) is 0 Å². The maximum atomic E-state index is 9.12. The molecule has 0 saturated carbocycles. The van der Waals surface area contributed by atoms with Crippen molar-refractivity contribution in [3.05, 3.63) is 0 Å². The lowest BCUT2D eigenvalue weighted by molar-refractivity contribution is -0.0101. The van der Waals surface area contributed by atoms with Gasteiger partial charge in [0, 0.05) is 13.7 Å². The summed E-state index contributed by atoms with van der Waals surface area (Å²) in [6, 6.07) is 0. The zero-order chi connectivity index (χ0) is 6.69. The molecule has 0 bridgehead atoms. The molecule has 1 rings (SSSR count). The van der Waals surface area contributed by atoms with Crippen LogP contribution in [0.2, 0.25) is 0 Å². The summed E-state index contributed by atoms with van der Waals surface area (Å²) >= 11 is 0. The van der Waals surface area contributed by atoms with Crippen LogP contribution in [0, 0.1) is 0 Å². The van der Waals surface area contributed by atoms with E-state index in [1.165, 1.54) is 0 Å². The third-order valence-electron chi connectivity index (χ3n) is 1.51. The predicted octanol–water partition coefficient (Wildman–Crippen LogP) is -0.217. The summed E-state index contributed by atoms with van der Waals surface area (Å²) < 4.78 is 9.94. The largest absolute Gasteiger partial charge is 0.390 e. The van der Waals surface area contributed by atoms with E-state index in [4.69, 9.17) is 14.6 Å². The topological polar surface area (TPSA) is 38.7 Å². The molecule has 0 aromatic rings. The van der Waals surface area contributed by atoms with Crippen molar-refractivity contribution in [2.75, 3.05) is 20.3 Å². The summed E-state index contributed by atoms with van der Waals surface area (Å²) in [5, 5.41) is 9.12. The first kappa shape index (κ1) is 6.99. The van der Waals surface area contributed by atoms with Crippen LogP contribution in [0.3, 0.4) is 0 Å². The van der Waals surface area contributed by atoms with Crippen molar-refractivity contribution in [1.29, 1.82) is 0 Å². The van der Waals surface area contributed by atoms with Crippen LogP contribution in [0.25, 0.3) is 0 Å². The van der Waals surface area contributed by atoms with Gasteiger partial charge >= 0.3 is 0 Å². The van der Waals surface area contributed by atoms with Gasteiger partial charge in [0.2, 0.25) is 0 Å². The van der Waals surface area contributed by atoms with Gasteiger partial charge in [0.1, 0.15) is 6.10 Å². The summed E-state index contributed by atoms with van der Waals surface area (Å²) in [7, 11) is 1.61. The van der Waals surface area contributed by atoms with E-state index in [1.54, 1.807) is 7.11 Å². The van der Waals surface area contributed by atoms with Crippen LogP contribution in [-0.2, 0) is 9.47 Å². The molecule has 1 heterocycles. The average Bonchev–Trinajstić information content (AvgIpc) is 2.18. The smallest absolute Gasteiger partial charge is 0.107 e. The molecule has 3 heteroatoms. The van der Waals surface area contributed by atoms with Gasteiger partial charge in [-0.15, -0.1) is 0 Å². The Labute approximate surface area is 54.6 Å². The van der Waals surface area contributed by atoms with Crippen LogP contribution in [-0.4, -0.2) is 37.6 Å². The molecule has 9 heavy (non-hydrogen) atoms. The van der Waals surface area contributed by atoms with E-state index in [2.05, 4.69) is 0 Å². The molecular weight excluding hydrogens is 120 g/mol. The van der Waals surface area contributed by atoms with Crippen LogP contribution in [0.4, 0.5) is 0 Å². The molecule has 1 fully saturated rings. The lowest BCUT2D eigenvalue weighted by Crippen LogP contribution is -2.25. The third kappa shape index (κ3) is 1.64. The number of hydrogen-bond donors (Lipinski definition) is 1. The Morgan fingerprint density at radius 3 is 3.00 bits per heavy atom. The molecule has 0 aromatic carbocycles. The SMILES string of the molecule is COC[C@H]1OCC[C@@H]1O.